The van der Waals surface area contributed by atoms with Gasteiger partial charge in [-0.2, -0.15) is 0 Å². The van der Waals surface area contributed by atoms with Crippen molar-refractivity contribution in [3.05, 3.63) is 66.4 Å². The fraction of sp³-hybridized carbons (Fsp3) is 0.346. The van der Waals surface area contributed by atoms with Crippen LogP contribution in [-0.2, 0) is 20.9 Å². The number of morpholine rings is 1. The molecule has 0 N–H and O–H groups in total. The van der Waals surface area contributed by atoms with E-state index in [9.17, 15) is 14.4 Å². The number of benzene rings is 2. The summed E-state index contributed by atoms with van der Waals surface area (Å²) < 4.78 is 7.10. The second kappa shape index (κ2) is 10.4. The summed E-state index contributed by atoms with van der Waals surface area (Å²) >= 11 is 0. The van der Waals surface area contributed by atoms with Crippen molar-refractivity contribution in [2.75, 3.05) is 37.7 Å². The van der Waals surface area contributed by atoms with Crippen LogP contribution in [0.25, 0.3) is 10.9 Å². The van der Waals surface area contributed by atoms with Gasteiger partial charge in [-0.1, -0.05) is 49.7 Å². The lowest BCUT2D eigenvalue weighted by Crippen LogP contribution is -2.42. The topological polar surface area (TPSA) is 71.9 Å². The summed E-state index contributed by atoms with van der Waals surface area (Å²) in [7, 11) is 0. The first-order valence-corrected chi connectivity index (χ1v) is 11.4. The standard InChI is InChI=1S/C26H29N3O4/c1-2-3-13-29(20-9-5-4-6-10-20)26(32)25(31)22-18-28(23-12-8-7-11-21(22)23)19-24(30)27-14-16-33-17-15-27/h4-12,18H,2-3,13-17,19H2,1H3. The SMILES string of the molecule is CCCCN(C(=O)C(=O)c1cn(CC(=O)N2CCOCC2)c2ccccc12)c1ccccc1. The fourth-order valence-corrected chi connectivity index (χ4v) is 4.13. The molecule has 1 saturated heterocycles. The maximum absolute atomic E-state index is 13.4. The highest BCUT2D eigenvalue weighted by molar-refractivity contribution is 6.48. The maximum Gasteiger partial charge on any atom is 0.299 e. The highest BCUT2D eigenvalue weighted by atomic mass is 16.5. The number of Topliss-reactive ketones (excluding diaryl/α,β-unsaturated/α-hetero) is 1. The van der Waals surface area contributed by atoms with Gasteiger partial charge in [-0.15, -0.1) is 0 Å². The van der Waals surface area contributed by atoms with E-state index in [0.29, 0.717) is 49.5 Å². The third-order valence-corrected chi connectivity index (χ3v) is 5.95. The summed E-state index contributed by atoms with van der Waals surface area (Å²) in [6, 6.07) is 16.7. The predicted molar refractivity (Wildman–Crippen MR) is 127 cm³/mol. The Balaban J connectivity index is 1.63. The van der Waals surface area contributed by atoms with Crippen LogP contribution >= 0.6 is 0 Å². The van der Waals surface area contributed by atoms with E-state index in [1.165, 1.54) is 0 Å². The first kappa shape index (κ1) is 22.7. The van der Waals surface area contributed by atoms with E-state index in [1.807, 2.05) is 54.6 Å². The lowest BCUT2D eigenvalue weighted by atomic mass is 10.1. The van der Waals surface area contributed by atoms with Crippen molar-refractivity contribution in [3.8, 4) is 0 Å². The van der Waals surface area contributed by atoms with E-state index in [0.717, 1.165) is 18.4 Å². The molecule has 33 heavy (non-hydrogen) atoms. The Labute approximate surface area is 193 Å². The first-order valence-electron chi connectivity index (χ1n) is 11.4. The molecule has 0 aliphatic carbocycles. The number of hydrogen-bond acceptors (Lipinski definition) is 4. The zero-order valence-corrected chi connectivity index (χ0v) is 18.9. The van der Waals surface area contributed by atoms with E-state index in [2.05, 4.69) is 6.92 Å². The zero-order chi connectivity index (χ0) is 23.2. The first-order chi connectivity index (χ1) is 16.1. The molecule has 2 aromatic carbocycles. The van der Waals surface area contributed by atoms with Gasteiger partial charge >= 0.3 is 0 Å². The van der Waals surface area contributed by atoms with Crippen molar-refractivity contribution in [3.63, 3.8) is 0 Å². The second-order valence-corrected chi connectivity index (χ2v) is 8.16. The highest BCUT2D eigenvalue weighted by Crippen LogP contribution is 2.24. The molecule has 0 spiro atoms. The third kappa shape index (κ3) is 4.98. The minimum atomic E-state index is -0.566. The van der Waals surface area contributed by atoms with E-state index < -0.39 is 11.7 Å². The number of hydrogen-bond donors (Lipinski definition) is 0. The highest BCUT2D eigenvalue weighted by Gasteiger charge is 2.28. The number of unbranched alkanes of at least 4 members (excludes halogenated alkanes) is 1. The number of carbonyl (C=O) groups is 3. The summed E-state index contributed by atoms with van der Waals surface area (Å²) in [5.74, 6) is -1.15. The molecule has 1 aromatic heterocycles. The van der Waals surface area contributed by atoms with Crippen LogP contribution in [0.15, 0.2) is 60.8 Å². The molecule has 2 heterocycles. The number of fused-ring (bicyclic) bond motifs is 1. The van der Waals surface area contributed by atoms with Crippen molar-refractivity contribution < 1.29 is 19.1 Å². The van der Waals surface area contributed by atoms with Gasteiger partial charge in [0.25, 0.3) is 11.7 Å². The van der Waals surface area contributed by atoms with E-state index >= 15 is 0 Å². The quantitative estimate of drug-likeness (QED) is 0.391. The second-order valence-electron chi connectivity index (χ2n) is 8.16. The van der Waals surface area contributed by atoms with Gasteiger partial charge in [0, 0.05) is 42.4 Å². The summed E-state index contributed by atoms with van der Waals surface area (Å²) in [4.78, 5) is 42.9. The maximum atomic E-state index is 13.4. The van der Waals surface area contributed by atoms with Crippen LogP contribution in [0.5, 0.6) is 0 Å². The monoisotopic (exact) mass is 447 g/mol. The van der Waals surface area contributed by atoms with Crippen LogP contribution < -0.4 is 4.90 Å². The molecule has 1 fully saturated rings. The van der Waals surface area contributed by atoms with Gasteiger partial charge in [0.15, 0.2) is 0 Å². The van der Waals surface area contributed by atoms with Crippen molar-refractivity contribution in [2.24, 2.45) is 0 Å². The van der Waals surface area contributed by atoms with Gasteiger partial charge in [0.2, 0.25) is 5.91 Å². The summed E-state index contributed by atoms with van der Waals surface area (Å²) in [6.07, 6.45) is 3.35. The average molecular weight is 448 g/mol. The Morgan fingerprint density at radius 2 is 1.67 bits per heavy atom. The normalized spacial score (nSPS) is 13.8. The third-order valence-electron chi connectivity index (χ3n) is 5.95. The molecule has 7 heteroatoms. The molecule has 0 bridgehead atoms. The van der Waals surface area contributed by atoms with Crippen LogP contribution in [0.2, 0.25) is 0 Å². The van der Waals surface area contributed by atoms with Crippen LogP contribution in [0, 0.1) is 0 Å². The Bertz CT molecular complexity index is 1130. The molecule has 3 aromatic rings. The van der Waals surface area contributed by atoms with E-state index in [4.69, 9.17) is 4.74 Å². The van der Waals surface area contributed by atoms with Crippen molar-refractivity contribution in [1.29, 1.82) is 0 Å². The number of ether oxygens (including phenoxy) is 1. The van der Waals surface area contributed by atoms with E-state index in [-0.39, 0.29) is 12.5 Å². The van der Waals surface area contributed by atoms with Crippen LogP contribution in [0.1, 0.15) is 30.1 Å². The molecule has 7 nitrogen and oxygen atoms in total. The molecule has 2 amide bonds. The van der Waals surface area contributed by atoms with Crippen LogP contribution in [0.4, 0.5) is 5.69 Å². The summed E-state index contributed by atoms with van der Waals surface area (Å²) in [5.41, 5.74) is 1.79. The van der Waals surface area contributed by atoms with Gasteiger partial charge in [-0.05, 0) is 24.6 Å². The largest absolute Gasteiger partial charge is 0.378 e. The molecule has 0 atom stereocenters. The molecule has 1 aliphatic rings. The molecular weight excluding hydrogens is 418 g/mol. The Kier molecular flexibility index (Phi) is 7.19. The van der Waals surface area contributed by atoms with Gasteiger partial charge in [-0.25, -0.2) is 0 Å². The number of nitrogens with zero attached hydrogens (tertiary/aromatic N) is 3. The summed E-state index contributed by atoms with van der Waals surface area (Å²) in [5, 5.41) is 0.675. The minimum absolute atomic E-state index is 0.0294. The molecule has 172 valence electrons. The average Bonchev–Trinajstić information content (AvgIpc) is 3.23. The Morgan fingerprint density at radius 1 is 0.970 bits per heavy atom. The van der Waals surface area contributed by atoms with Gasteiger partial charge in [-0.3, -0.25) is 14.4 Å². The smallest absolute Gasteiger partial charge is 0.299 e. The van der Waals surface area contributed by atoms with Gasteiger partial charge < -0.3 is 19.1 Å². The van der Waals surface area contributed by atoms with Crippen molar-refractivity contribution in [1.82, 2.24) is 9.47 Å². The Hall–Kier alpha value is -3.45. The fourth-order valence-electron chi connectivity index (χ4n) is 4.13. The summed E-state index contributed by atoms with van der Waals surface area (Å²) in [6.45, 7) is 4.82. The number of carbonyl (C=O) groups excluding carboxylic acids is 3. The number of amides is 2. The van der Waals surface area contributed by atoms with Gasteiger partial charge in [0.1, 0.15) is 6.54 Å². The number of anilines is 1. The number of para-hydroxylation sites is 2. The van der Waals surface area contributed by atoms with Gasteiger partial charge in [0.05, 0.1) is 18.8 Å². The minimum Gasteiger partial charge on any atom is -0.378 e. The van der Waals surface area contributed by atoms with Crippen molar-refractivity contribution in [2.45, 2.75) is 26.3 Å². The molecule has 1 aliphatic heterocycles. The zero-order valence-electron chi connectivity index (χ0n) is 18.9. The molecule has 4 rings (SSSR count). The van der Waals surface area contributed by atoms with Crippen LogP contribution in [0.3, 0.4) is 0 Å². The molecule has 0 radical (unpaired) electrons. The Morgan fingerprint density at radius 3 is 2.39 bits per heavy atom. The van der Waals surface area contributed by atoms with Crippen LogP contribution in [-0.4, -0.2) is 59.9 Å². The predicted octanol–water partition coefficient (Wildman–Crippen LogP) is 3.52. The molecule has 0 saturated carbocycles. The molecular formula is C26H29N3O4. The lowest BCUT2D eigenvalue weighted by Gasteiger charge is -2.27. The number of aromatic nitrogens is 1. The number of rotatable bonds is 8. The number of ketones is 1. The van der Waals surface area contributed by atoms with E-state index in [1.54, 1.807) is 20.6 Å². The lowest BCUT2D eigenvalue weighted by molar-refractivity contribution is -0.135. The molecule has 0 unspecified atom stereocenters. The van der Waals surface area contributed by atoms with Crippen molar-refractivity contribution >= 4 is 34.2 Å².